The highest BCUT2D eigenvalue weighted by Gasteiger charge is 2.17. The third kappa shape index (κ3) is 2.87. The van der Waals surface area contributed by atoms with Crippen LogP contribution in [0.3, 0.4) is 0 Å². The molecule has 1 nitrogen and oxygen atoms in total. The van der Waals surface area contributed by atoms with Gasteiger partial charge in [-0.05, 0) is 18.3 Å². The summed E-state index contributed by atoms with van der Waals surface area (Å²) in [7, 11) is 0. The highest BCUT2D eigenvalue weighted by molar-refractivity contribution is 5.78. The molecule has 1 rings (SSSR count). The van der Waals surface area contributed by atoms with Crippen molar-refractivity contribution in [2.24, 2.45) is 5.41 Å². The zero-order valence-electron chi connectivity index (χ0n) is 7.39. The minimum absolute atomic E-state index is 0.232. The van der Waals surface area contributed by atoms with Gasteiger partial charge in [0.2, 0.25) is 0 Å². The number of Topliss-reactive ketones (excluding diaryl/α,β-unsaturated/α-hetero) is 1. The van der Waals surface area contributed by atoms with Gasteiger partial charge < -0.3 is 0 Å². The lowest BCUT2D eigenvalue weighted by molar-refractivity contribution is -0.119. The molecule has 0 N–H and O–H groups in total. The molecule has 0 fully saturated rings. The van der Waals surface area contributed by atoms with Gasteiger partial charge in [0.05, 0.1) is 0 Å². The summed E-state index contributed by atoms with van der Waals surface area (Å²) in [6.07, 6.45) is 7.81. The maximum Gasteiger partial charge on any atom is 0.133 e. The van der Waals surface area contributed by atoms with E-state index < -0.39 is 0 Å². The summed E-state index contributed by atoms with van der Waals surface area (Å²) in [5, 5.41) is 0. The van der Waals surface area contributed by atoms with E-state index in [0.29, 0.717) is 5.78 Å². The maximum absolute atomic E-state index is 11.1. The minimum atomic E-state index is 0.232. The van der Waals surface area contributed by atoms with Gasteiger partial charge >= 0.3 is 0 Å². The van der Waals surface area contributed by atoms with Crippen molar-refractivity contribution in [1.82, 2.24) is 0 Å². The van der Waals surface area contributed by atoms with Crippen LogP contribution in [0.1, 0.15) is 39.5 Å². The molecular formula is C10H16O. The van der Waals surface area contributed by atoms with E-state index in [9.17, 15) is 4.79 Å². The number of allylic oxidation sites excluding steroid dienone is 2. The molecule has 0 aromatic carbocycles. The largest absolute Gasteiger partial charge is 0.300 e. The summed E-state index contributed by atoms with van der Waals surface area (Å²) in [5.41, 5.74) is 0.232. The van der Waals surface area contributed by atoms with E-state index in [1.54, 1.807) is 0 Å². The molecule has 62 valence electrons. The molecule has 0 bridgehead atoms. The van der Waals surface area contributed by atoms with Crippen LogP contribution in [0.15, 0.2) is 12.2 Å². The Morgan fingerprint density at radius 1 is 1.36 bits per heavy atom. The van der Waals surface area contributed by atoms with Gasteiger partial charge in [0.15, 0.2) is 0 Å². The Labute approximate surface area is 68.5 Å². The Morgan fingerprint density at radius 3 is 2.82 bits per heavy atom. The fraction of sp³-hybridized carbons (Fsp3) is 0.700. The molecule has 0 atom stereocenters. The summed E-state index contributed by atoms with van der Waals surface area (Å²) in [4.78, 5) is 11.1. The van der Waals surface area contributed by atoms with E-state index in [1.165, 1.54) is 0 Å². The van der Waals surface area contributed by atoms with E-state index in [4.69, 9.17) is 0 Å². The molecule has 0 radical (unpaired) electrons. The molecule has 1 heteroatoms. The Bertz CT molecular complexity index is 177. The van der Waals surface area contributed by atoms with Crippen LogP contribution in [0.4, 0.5) is 0 Å². The van der Waals surface area contributed by atoms with Crippen LogP contribution in [-0.2, 0) is 4.79 Å². The molecule has 0 spiro atoms. The summed E-state index contributed by atoms with van der Waals surface area (Å²) < 4.78 is 0. The standard InChI is InChI=1S/C10H16O/c1-10(2)7-4-3-5-9(11)6-8-10/h4,7H,3,5-6,8H2,1-2H3/b7-4-. The fourth-order valence-electron chi connectivity index (χ4n) is 1.32. The van der Waals surface area contributed by atoms with Crippen LogP contribution in [0.2, 0.25) is 0 Å². The molecule has 0 saturated heterocycles. The smallest absolute Gasteiger partial charge is 0.133 e. The predicted molar refractivity (Wildman–Crippen MR) is 46.4 cm³/mol. The first-order valence-corrected chi connectivity index (χ1v) is 4.30. The highest BCUT2D eigenvalue weighted by atomic mass is 16.1. The average Bonchev–Trinajstić information content (AvgIpc) is 1.92. The van der Waals surface area contributed by atoms with Gasteiger partial charge in [0, 0.05) is 12.8 Å². The first-order chi connectivity index (χ1) is 5.10. The van der Waals surface area contributed by atoms with Gasteiger partial charge in [-0.25, -0.2) is 0 Å². The lowest BCUT2D eigenvalue weighted by atomic mass is 9.84. The van der Waals surface area contributed by atoms with E-state index in [1.807, 2.05) is 0 Å². The highest BCUT2D eigenvalue weighted by Crippen LogP contribution is 2.26. The molecule has 0 aromatic rings. The van der Waals surface area contributed by atoms with E-state index in [-0.39, 0.29) is 5.41 Å². The molecule has 0 aromatic heterocycles. The van der Waals surface area contributed by atoms with Crippen LogP contribution in [0.25, 0.3) is 0 Å². The SMILES string of the molecule is CC1(C)/C=C\CCC(=O)CC1. The second-order valence-electron chi connectivity index (χ2n) is 3.97. The molecule has 1 aliphatic carbocycles. The third-order valence-electron chi connectivity index (χ3n) is 2.21. The van der Waals surface area contributed by atoms with Gasteiger partial charge in [0.25, 0.3) is 0 Å². The van der Waals surface area contributed by atoms with E-state index in [0.717, 1.165) is 25.7 Å². The van der Waals surface area contributed by atoms with Crippen molar-refractivity contribution in [2.45, 2.75) is 39.5 Å². The molecule has 0 amide bonds. The van der Waals surface area contributed by atoms with Crippen LogP contribution in [0, 0.1) is 5.41 Å². The number of carbonyl (C=O) groups is 1. The summed E-state index contributed by atoms with van der Waals surface area (Å²) in [6.45, 7) is 4.37. The second-order valence-corrected chi connectivity index (χ2v) is 3.97. The van der Waals surface area contributed by atoms with Gasteiger partial charge in [-0.3, -0.25) is 4.79 Å². The molecule has 1 aliphatic rings. The number of hydrogen-bond acceptors (Lipinski definition) is 1. The first kappa shape index (κ1) is 8.51. The number of carbonyl (C=O) groups excluding carboxylic acids is 1. The summed E-state index contributed by atoms with van der Waals surface area (Å²) >= 11 is 0. The fourth-order valence-corrected chi connectivity index (χ4v) is 1.32. The Hall–Kier alpha value is -0.590. The van der Waals surface area contributed by atoms with Crippen molar-refractivity contribution in [1.29, 1.82) is 0 Å². The van der Waals surface area contributed by atoms with Crippen LogP contribution in [0.5, 0.6) is 0 Å². The molecule has 11 heavy (non-hydrogen) atoms. The molecule has 0 heterocycles. The van der Waals surface area contributed by atoms with Crippen molar-refractivity contribution < 1.29 is 4.79 Å². The summed E-state index contributed by atoms with van der Waals surface area (Å²) in [5.74, 6) is 0.419. The van der Waals surface area contributed by atoms with Crippen molar-refractivity contribution in [2.75, 3.05) is 0 Å². The Morgan fingerprint density at radius 2 is 2.09 bits per heavy atom. The molecular weight excluding hydrogens is 136 g/mol. The zero-order valence-corrected chi connectivity index (χ0v) is 7.39. The summed E-state index contributed by atoms with van der Waals surface area (Å²) in [6, 6.07) is 0. The quantitative estimate of drug-likeness (QED) is 0.488. The van der Waals surface area contributed by atoms with Gasteiger partial charge in [0.1, 0.15) is 5.78 Å². The first-order valence-electron chi connectivity index (χ1n) is 4.30. The Balaban J connectivity index is 2.60. The van der Waals surface area contributed by atoms with Crippen molar-refractivity contribution in [3.05, 3.63) is 12.2 Å². The molecule has 0 aliphatic heterocycles. The van der Waals surface area contributed by atoms with Gasteiger partial charge in [-0.2, -0.15) is 0 Å². The van der Waals surface area contributed by atoms with Crippen molar-refractivity contribution in [3.63, 3.8) is 0 Å². The lowest BCUT2D eigenvalue weighted by Gasteiger charge is -2.21. The topological polar surface area (TPSA) is 17.1 Å². The van der Waals surface area contributed by atoms with Crippen LogP contribution >= 0.6 is 0 Å². The predicted octanol–water partition coefficient (Wildman–Crippen LogP) is 2.71. The average molecular weight is 152 g/mol. The van der Waals surface area contributed by atoms with E-state index in [2.05, 4.69) is 26.0 Å². The maximum atomic E-state index is 11.1. The third-order valence-corrected chi connectivity index (χ3v) is 2.21. The number of ketones is 1. The van der Waals surface area contributed by atoms with Gasteiger partial charge in [-0.15, -0.1) is 0 Å². The Kier molecular flexibility index (Phi) is 2.48. The monoisotopic (exact) mass is 152 g/mol. The van der Waals surface area contributed by atoms with Gasteiger partial charge in [-0.1, -0.05) is 26.0 Å². The van der Waals surface area contributed by atoms with E-state index >= 15 is 0 Å². The zero-order chi connectivity index (χ0) is 8.32. The molecule has 0 saturated carbocycles. The van der Waals surface area contributed by atoms with Crippen molar-refractivity contribution in [3.8, 4) is 0 Å². The molecule has 0 unspecified atom stereocenters. The number of rotatable bonds is 0. The van der Waals surface area contributed by atoms with Crippen LogP contribution in [-0.4, -0.2) is 5.78 Å². The minimum Gasteiger partial charge on any atom is -0.300 e. The normalized spacial score (nSPS) is 27.3. The lowest BCUT2D eigenvalue weighted by Crippen LogP contribution is -2.12. The van der Waals surface area contributed by atoms with Crippen LogP contribution < -0.4 is 0 Å². The van der Waals surface area contributed by atoms with Crippen molar-refractivity contribution >= 4 is 5.78 Å². The second kappa shape index (κ2) is 3.21. The number of hydrogen-bond donors (Lipinski definition) is 0.